The number of aromatic nitrogens is 1. The number of aryl methyl sites for hydroxylation is 4. The molecule has 2 rings (SSSR count). The molecule has 1 heterocycles. The Morgan fingerprint density at radius 1 is 0.900 bits per heavy atom. The molecule has 0 spiro atoms. The molecule has 1 aromatic heterocycles. The summed E-state index contributed by atoms with van der Waals surface area (Å²) in [6.07, 6.45) is 2.34. The van der Waals surface area contributed by atoms with Crippen LogP contribution in [-0.2, 0) is 7.05 Å². The lowest BCUT2D eigenvalue weighted by Gasteiger charge is -2.18. The van der Waals surface area contributed by atoms with Gasteiger partial charge in [-0.2, -0.15) is 0 Å². The Balaban J connectivity index is 2.62. The van der Waals surface area contributed by atoms with E-state index in [-0.39, 0.29) is 0 Å². The van der Waals surface area contributed by atoms with E-state index in [1.54, 1.807) is 5.19 Å². The number of benzene rings is 1. The first-order valence-corrected chi connectivity index (χ1v) is 10.8. The molecule has 0 unspecified atom stereocenters. The van der Waals surface area contributed by atoms with Gasteiger partial charge in [-0.1, -0.05) is 37.3 Å². The van der Waals surface area contributed by atoms with Gasteiger partial charge in [0.1, 0.15) is 7.05 Å². The molecule has 1 aromatic carbocycles. The molecule has 20 heavy (non-hydrogen) atoms. The Kier molecular flexibility index (Phi) is 3.87. The zero-order valence-electron chi connectivity index (χ0n) is 13.8. The summed E-state index contributed by atoms with van der Waals surface area (Å²) in [5.41, 5.74) is 6.74. The highest BCUT2D eigenvalue weighted by Crippen LogP contribution is 2.22. The molecule has 0 amide bonds. The van der Waals surface area contributed by atoms with Crippen LogP contribution in [0.1, 0.15) is 16.7 Å². The van der Waals surface area contributed by atoms with Crippen molar-refractivity contribution in [1.82, 2.24) is 0 Å². The third kappa shape index (κ3) is 2.85. The van der Waals surface area contributed by atoms with Gasteiger partial charge < -0.3 is 0 Å². The summed E-state index contributed by atoms with van der Waals surface area (Å²) in [6.45, 7) is 13.8. The lowest BCUT2D eigenvalue weighted by atomic mass is 10.0. The molecule has 0 aliphatic rings. The molecule has 0 aliphatic carbocycles. The van der Waals surface area contributed by atoms with Gasteiger partial charge in [0.2, 0.25) is 5.69 Å². The maximum atomic E-state index is 2.41. The number of pyridine rings is 1. The molecule has 0 N–H and O–H groups in total. The quantitative estimate of drug-likeness (QED) is 0.585. The van der Waals surface area contributed by atoms with Crippen molar-refractivity contribution in [3.05, 3.63) is 47.2 Å². The molecule has 0 aliphatic heterocycles. The number of hydrogen-bond donors (Lipinski definition) is 0. The molecular formula is C18H26NSi+. The third-order valence-electron chi connectivity index (χ3n) is 3.95. The average molecular weight is 284 g/mol. The number of rotatable bonds is 2. The monoisotopic (exact) mass is 284 g/mol. The summed E-state index contributed by atoms with van der Waals surface area (Å²) in [7, 11) is 0.888. The first kappa shape index (κ1) is 15.0. The molecule has 1 nitrogen and oxygen atoms in total. The predicted octanol–water partition coefficient (Wildman–Crippen LogP) is 3.65. The van der Waals surface area contributed by atoms with E-state index in [2.05, 4.69) is 82.5 Å². The van der Waals surface area contributed by atoms with E-state index in [1.807, 2.05) is 0 Å². The van der Waals surface area contributed by atoms with E-state index in [9.17, 15) is 0 Å². The summed E-state index contributed by atoms with van der Waals surface area (Å²) < 4.78 is 2.29. The van der Waals surface area contributed by atoms with Crippen LogP contribution in [0, 0.1) is 20.8 Å². The number of hydrogen-bond acceptors (Lipinski definition) is 0. The van der Waals surface area contributed by atoms with Crippen molar-refractivity contribution in [2.45, 2.75) is 40.4 Å². The number of nitrogens with zero attached hydrogens (tertiary/aromatic N) is 1. The van der Waals surface area contributed by atoms with E-state index in [0.717, 1.165) is 0 Å². The van der Waals surface area contributed by atoms with Crippen LogP contribution in [0.3, 0.4) is 0 Å². The van der Waals surface area contributed by atoms with Gasteiger partial charge in [0, 0.05) is 16.8 Å². The Morgan fingerprint density at radius 3 is 2.10 bits per heavy atom. The fourth-order valence-corrected chi connectivity index (χ4v) is 4.74. The largest absolute Gasteiger partial charge is 0.212 e. The zero-order chi connectivity index (χ0) is 15.1. The average Bonchev–Trinajstić information content (AvgIpc) is 2.31. The van der Waals surface area contributed by atoms with Crippen molar-refractivity contribution in [3.63, 3.8) is 0 Å². The Bertz CT molecular complexity index is 651. The molecule has 0 bridgehead atoms. The van der Waals surface area contributed by atoms with E-state index in [4.69, 9.17) is 0 Å². The van der Waals surface area contributed by atoms with Gasteiger partial charge in [-0.05, 0) is 38.0 Å². The minimum Gasteiger partial charge on any atom is -0.201 e. The van der Waals surface area contributed by atoms with Crippen LogP contribution in [0.4, 0.5) is 0 Å². The van der Waals surface area contributed by atoms with Gasteiger partial charge in [0.05, 0.1) is 8.07 Å². The molecule has 106 valence electrons. The van der Waals surface area contributed by atoms with Crippen molar-refractivity contribution in [3.8, 4) is 11.3 Å². The molecule has 0 radical (unpaired) electrons. The summed E-state index contributed by atoms with van der Waals surface area (Å²) >= 11 is 0. The fourth-order valence-electron chi connectivity index (χ4n) is 2.90. The second-order valence-electron chi connectivity index (χ2n) is 6.93. The van der Waals surface area contributed by atoms with Crippen LogP contribution in [0.2, 0.25) is 19.6 Å². The third-order valence-corrected chi connectivity index (χ3v) is 6.09. The highest BCUT2D eigenvalue weighted by Gasteiger charge is 2.24. The van der Waals surface area contributed by atoms with Crippen molar-refractivity contribution in [1.29, 1.82) is 0 Å². The van der Waals surface area contributed by atoms with Gasteiger partial charge in [-0.15, -0.1) is 0 Å². The minimum absolute atomic E-state index is 1.28. The van der Waals surface area contributed by atoms with E-state index < -0.39 is 8.07 Å². The van der Waals surface area contributed by atoms with Gasteiger partial charge in [0.15, 0.2) is 6.20 Å². The van der Waals surface area contributed by atoms with Crippen molar-refractivity contribution < 1.29 is 4.57 Å². The van der Waals surface area contributed by atoms with Crippen LogP contribution in [0.25, 0.3) is 11.3 Å². The maximum absolute atomic E-state index is 2.41. The predicted molar refractivity (Wildman–Crippen MR) is 90.2 cm³/mol. The van der Waals surface area contributed by atoms with Gasteiger partial charge in [-0.3, -0.25) is 0 Å². The molecule has 2 aromatic rings. The molecule has 0 fully saturated rings. The van der Waals surface area contributed by atoms with Gasteiger partial charge in [0.25, 0.3) is 0 Å². The van der Waals surface area contributed by atoms with Crippen LogP contribution < -0.4 is 9.75 Å². The summed E-state index contributed by atoms with van der Waals surface area (Å²) in [6, 6.07) is 9.06. The topological polar surface area (TPSA) is 3.88 Å². The maximum Gasteiger partial charge on any atom is 0.212 e. The Hall–Kier alpha value is -1.41. The second-order valence-corrected chi connectivity index (χ2v) is 12.0. The van der Waals surface area contributed by atoms with Crippen molar-refractivity contribution in [2.24, 2.45) is 7.05 Å². The van der Waals surface area contributed by atoms with Crippen LogP contribution in [-0.4, -0.2) is 8.07 Å². The Labute approximate surface area is 124 Å². The Morgan fingerprint density at radius 2 is 1.55 bits per heavy atom. The lowest BCUT2D eigenvalue weighted by Crippen LogP contribution is -2.46. The summed E-state index contributed by atoms with van der Waals surface area (Å²) in [4.78, 5) is 0. The highest BCUT2D eigenvalue weighted by molar-refractivity contribution is 6.88. The molecule has 0 saturated heterocycles. The highest BCUT2D eigenvalue weighted by atomic mass is 28.3. The molecular weight excluding hydrogens is 258 g/mol. The normalized spacial score (nSPS) is 11.8. The summed E-state index contributed by atoms with van der Waals surface area (Å²) in [5, 5.41) is 1.55. The molecule has 2 heteroatoms. The lowest BCUT2D eigenvalue weighted by molar-refractivity contribution is -0.659. The van der Waals surface area contributed by atoms with Gasteiger partial charge in [-0.25, -0.2) is 4.57 Å². The van der Waals surface area contributed by atoms with Gasteiger partial charge >= 0.3 is 0 Å². The zero-order valence-corrected chi connectivity index (χ0v) is 14.8. The van der Waals surface area contributed by atoms with Crippen molar-refractivity contribution in [2.75, 3.05) is 0 Å². The standard InChI is InChI=1S/C18H26NSi/c1-13-8-9-16(14(2)10-13)17-11-15(3)18(12-19(17)4)20(5,6)7/h8-12H,1-7H3/q+1. The van der Waals surface area contributed by atoms with Crippen LogP contribution in [0.15, 0.2) is 30.5 Å². The molecule has 0 saturated carbocycles. The molecule has 0 atom stereocenters. The first-order chi connectivity index (χ1) is 9.20. The fraction of sp³-hybridized carbons (Fsp3) is 0.389. The first-order valence-electron chi connectivity index (χ1n) is 7.28. The minimum atomic E-state index is -1.28. The second kappa shape index (κ2) is 5.17. The smallest absolute Gasteiger partial charge is 0.201 e. The van der Waals surface area contributed by atoms with E-state index in [1.165, 1.54) is 27.9 Å². The van der Waals surface area contributed by atoms with E-state index in [0.29, 0.717) is 0 Å². The SMILES string of the molecule is Cc1ccc(-c2cc(C)c([Si](C)(C)C)c[n+]2C)c(C)c1. The van der Waals surface area contributed by atoms with Crippen LogP contribution >= 0.6 is 0 Å². The van der Waals surface area contributed by atoms with E-state index >= 15 is 0 Å². The summed E-state index contributed by atoms with van der Waals surface area (Å²) in [5.74, 6) is 0. The van der Waals surface area contributed by atoms with Crippen LogP contribution in [0.5, 0.6) is 0 Å². The van der Waals surface area contributed by atoms with Crippen molar-refractivity contribution >= 4 is 13.3 Å².